The maximum Gasteiger partial charge on any atom is 0.225 e. The molecule has 2 aromatic rings. The van der Waals surface area contributed by atoms with Gasteiger partial charge in [0.15, 0.2) is 0 Å². The number of ether oxygens (including phenoxy) is 1. The molecular formula is C18H24N4O2. The number of nitrogens with one attached hydrogen (secondary N) is 1. The highest BCUT2D eigenvalue weighted by atomic mass is 16.5. The molecule has 1 aromatic carbocycles. The number of hydrogen-bond donors (Lipinski definition) is 1. The van der Waals surface area contributed by atoms with Gasteiger partial charge in [0.05, 0.1) is 18.8 Å². The monoisotopic (exact) mass is 328 g/mol. The van der Waals surface area contributed by atoms with Gasteiger partial charge in [-0.3, -0.25) is 9.48 Å². The summed E-state index contributed by atoms with van der Waals surface area (Å²) in [4.78, 5) is 14.7. The van der Waals surface area contributed by atoms with Crippen LogP contribution >= 0.6 is 0 Å². The first-order valence-electron chi connectivity index (χ1n) is 8.31. The molecule has 1 aliphatic rings. The highest BCUT2D eigenvalue weighted by molar-refractivity contribution is 5.76. The fraction of sp³-hybridized carbons (Fsp3) is 0.444. The van der Waals surface area contributed by atoms with Gasteiger partial charge >= 0.3 is 0 Å². The third-order valence-corrected chi connectivity index (χ3v) is 4.39. The van der Waals surface area contributed by atoms with Crippen molar-refractivity contribution in [2.75, 3.05) is 26.7 Å². The molecule has 6 nitrogen and oxygen atoms in total. The average molecular weight is 328 g/mol. The van der Waals surface area contributed by atoms with Gasteiger partial charge in [-0.2, -0.15) is 5.10 Å². The number of nitrogens with zero attached hydrogens (tertiary/aromatic N) is 3. The Kier molecular flexibility index (Phi) is 5.15. The third-order valence-electron chi connectivity index (χ3n) is 4.39. The summed E-state index contributed by atoms with van der Waals surface area (Å²) in [7, 11) is 1.66. The van der Waals surface area contributed by atoms with Crippen molar-refractivity contribution in [3.05, 3.63) is 47.8 Å². The molecule has 2 heterocycles. The van der Waals surface area contributed by atoms with Crippen LogP contribution in [0.2, 0.25) is 0 Å². The lowest BCUT2D eigenvalue weighted by Gasteiger charge is -2.36. The average Bonchev–Trinajstić information content (AvgIpc) is 3.05. The van der Waals surface area contributed by atoms with Crippen LogP contribution in [0.15, 0.2) is 36.5 Å². The van der Waals surface area contributed by atoms with E-state index in [-0.39, 0.29) is 11.9 Å². The Morgan fingerprint density at radius 3 is 2.79 bits per heavy atom. The topological polar surface area (TPSA) is 59.4 Å². The summed E-state index contributed by atoms with van der Waals surface area (Å²) in [5.74, 6) is 1.000. The number of aryl methyl sites for hydroxylation is 2. The van der Waals surface area contributed by atoms with Gasteiger partial charge in [0.2, 0.25) is 5.91 Å². The Balaban J connectivity index is 1.67. The molecule has 6 heteroatoms. The van der Waals surface area contributed by atoms with E-state index in [1.54, 1.807) is 7.11 Å². The minimum Gasteiger partial charge on any atom is -0.497 e. The van der Waals surface area contributed by atoms with Crippen LogP contribution in [-0.4, -0.2) is 47.3 Å². The summed E-state index contributed by atoms with van der Waals surface area (Å²) in [6.45, 7) is 4.91. The first-order chi connectivity index (χ1) is 11.7. The molecule has 1 N–H and O–H groups in total. The molecule has 0 aliphatic carbocycles. The fourth-order valence-corrected chi connectivity index (χ4v) is 3.07. The molecule has 0 bridgehead atoms. The zero-order valence-corrected chi connectivity index (χ0v) is 14.2. The maximum atomic E-state index is 12.7. The summed E-state index contributed by atoms with van der Waals surface area (Å²) in [5.41, 5.74) is 2.10. The first kappa shape index (κ1) is 16.5. The highest BCUT2D eigenvalue weighted by Crippen LogP contribution is 2.25. The van der Waals surface area contributed by atoms with Crippen molar-refractivity contribution in [2.24, 2.45) is 0 Å². The van der Waals surface area contributed by atoms with Crippen LogP contribution < -0.4 is 10.1 Å². The van der Waals surface area contributed by atoms with Crippen molar-refractivity contribution in [1.82, 2.24) is 20.0 Å². The molecule has 1 aliphatic heterocycles. The number of amides is 1. The van der Waals surface area contributed by atoms with Gasteiger partial charge in [-0.25, -0.2) is 0 Å². The summed E-state index contributed by atoms with van der Waals surface area (Å²) < 4.78 is 7.05. The number of carbonyl (C=O) groups is 1. The number of hydrogen-bond acceptors (Lipinski definition) is 4. The second-order valence-corrected chi connectivity index (χ2v) is 6.05. The standard InChI is InChI=1S/C18H24N4O2/c1-14-7-10-21(20-14)11-8-18(23)22-12-9-19-13-17(22)15-3-5-16(24-2)6-4-15/h3-7,10,17,19H,8-9,11-13H2,1-2H3/t17-/m0/s1. The van der Waals surface area contributed by atoms with Gasteiger partial charge in [-0.15, -0.1) is 0 Å². The van der Waals surface area contributed by atoms with Gasteiger partial charge in [-0.05, 0) is 30.7 Å². The number of piperazine rings is 1. The third kappa shape index (κ3) is 3.76. The first-order valence-corrected chi connectivity index (χ1v) is 8.31. The summed E-state index contributed by atoms with van der Waals surface area (Å²) >= 11 is 0. The zero-order chi connectivity index (χ0) is 16.9. The van der Waals surface area contributed by atoms with Crippen molar-refractivity contribution in [3.63, 3.8) is 0 Å². The molecule has 1 atom stereocenters. The van der Waals surface area contributed by atoms with Crippen LogP contribution in [0, 0.1) is 6.92 Å². The molecule has 0 unspecified atom stereocenters. The van der Waals surface area contributed by atoms with Gasteiger partial charge in [0.1, 0.15) is 5.75 Å². The summed E-state index contributed by atoms with van der Waals surface area (Å²) in [6.07, 6.45) is 2.38. The van der Waals surface area contributed by atoms with E-state index in [9.17, 15) is 4.79 Å². The van der Waals surface area contributed by atoms with Crippen molar-refractivity contribution < 1.29 is 9.53 Å². The van der Waals surface area contributed by atoms with Crippen molar-refractivity contribution in [1.29, 1.82) is 0 Å². The van der Waals surface area contributed by atoms with Gasteiger partial charge < -0.3 is 15.0 Å². The molecule has 1 amide bonds. The minimum atomic E-state index is 0.0662. The smallest absolute Gasteiger partial charge is 0.225 e. The number of carbonyl (C=O) groups excluding carboxylic acids is 1. The quantitative estimate of drug-likeness (QED) is 0.909. The molecule has 1 saturated heterocycles. The van der Waals surface area contributed by atoms with Crippen LogP contribution in [0.3, 0.4) is 0 Å². The Labute approximate surface area is 142 Å². The minimum absolute atomic E-state index is 0.0662. The van der Waals surface area contributed by atoms with E-state index in [1.165, 1.54) is 0 Å². The Hall–Kier alpha value is -2.34. The van der Waals surface area contributed by atoms with E-state index in [1.807, 2.05) is 53.0 Å². The van der Waals surface area contributed by atoms with E-state index in [0.29, 0.717) is 13.0 Å². The second-order valence-electron chi connectivity index (χ2n) is 6.05. The lowest BCUT2D eigenvalue weighted by atomic mass is 10.0. The molecule has 24 heavy (non-hydrogen) atoms. The van der Waals surface area contributed by atoms with Crippen molar-refractivity contribution in [2.45, 2.75) is 25.9 Å². The molecule has 1 aromatic heterocycles. The summed E-state index contributed by atoms with van der Waals surface area (Å²) in [5, 5.41) is 7.72. The van der Waals surface area contributed by atoms with E-state index in [4.69, 9.17) is 4.74 Å². The van der Waals surface area contributed by atoms with Gasteiger partial charge in [-0.1, -0.05) is 12.1 Å². The molecule has 128 valence electrons. The number of rotatable bonds is 5. The fourth-order valence-electron chi connectivity index (χ4n) is 3.07. The van der Waals surface area contributed by atoms with Crippen LogP contribution in [0.4, 0.5) is 0 Å². The second kappa shape index (κ2) is 7.49. The van der Waals surface area contributed by atoms with E-state index >= 15 is 0 Å². The maximum absolute atomic E-state index is 12.7. The predicted molar refractivity (Wildman–Crippen MR) is 91.9 cm³/mol. The molecular weight excluding hydrogens is 304 g/mol. The van der Waals surface area contributed by atoms with E-state index in [0.717, 1.165) is 36.6 Å². The van der Waals surface area contributed by atoms with E-state index in [2.05, 4.69) is 10.4 Å². The Morgan fingerprint density at radius 2 is 2.12 bits per heavy atom. The van der Waals surface area contributed by atoms with Crippen LogP contribution in [0.1, 0.15) is 23.7 Å². The molecule has 1 fully saturated rings. The molecule has 0 spiro atoms. The van der Waals surface area contributed by atoms with E-state index < -0.39 is 0 Å². The molecule has 0 saturated carbocycles. The van der Waals surface area contributed by atoms with Crippen LogP contribution in [0.25, 0.3) is 0 Å². The highest BCUT2D eigenvalue weighted by Gasteiger charge is 2.27. The van der Waals surface area contributed by atoms with Gasteiger partial charge in [0, 0.05) is 38.8 Å². The Bertz CT molecular complexity index is 681. The SMILES string of the molecule is COc1ccc([C@@H]2CNCCN2C(=O)CCn2ccc(C)n2)cc1. The normalized spacial score (nSPS) is 17.8. The predicted octanol–water partition coefficient (Wildman–Crippen LogP) is 1.76. The molecule has 3 rings (SSSR count). The van der Waals surface area contributed by atoms with Gasteiger partial charge in [0.25, 0.3) is 0 Å². The largest absolute Gasteiger partial charge is 0.497 e. The lowest BCUT2D eigenvalue weighted by Crippen LogP contribution is -2.48. The number of methoxy groups -OCH3 is 1. The summed E-state index contributed by atoms with van der Waals surface area (Å²) in [6, 6.07) is 9.98. The van der Waals surface area contributed by atoms with Crippen molar-refractivity contribution >= 4 is 5.91 Å². The van der Waals surface area contributed by atoms with Crippen molar-refractivity contribution in [3.8, 4) is 5.75 Å². The number of aromatic nitrogens is 2. The molecule has 0 radical (unpaired) electrons. The van der Waals surface area contributed by atoms with Crippen LogP contribution in [-0.2, 0) is 11.3 Å². The Morgan fingerprint density at radius 1 is 1.33 bits per heavy atom. The zero-order valence-electron chi connectivity index (χ0n) is 14.2. The number of benzene rings is 1. The van der Waals surface area contributed by atoms with Crippen LogP contribution in [0.5, 0.6) is 5.75 Å². The lowest BCUT2D eigenvalue weighted by molar-refractivity contribution is -0.134.